The lowest BCUT2D eigenvalue weighted by Gasteiger charge is -2.15. The largest absolute Gasteiger partial charge is 0.455 e. The molecule has 4 heteroatoms. The summed E-state index contributed by atoms with van der Waals surface area (Å²) in [4.78, 5) is 13.7. The average molecular weight is 224 g/mol. The van der Waals surface area contributed by atoms with E-state index in [0.717, 1.165) is 25.4 Å². The van der Waals surface area contributed by atoms with Crippen LogP contribution in [0.5, 0.6) is 0 Å². The molecule has 0 fully saturated rings. The fourth-order valence-electron chi connectivity index (χ4n) is 1.50. The second-order valence-corrected chi connectivity index (χ2v) is 3.59. The molecule has 4 nitrogen and oxygen atoms in total. The van der Waals surface area contributed by atoms with Crippen LogP contribution in [0.25, 0.3) is 0 Å². The van der Waals surface area contributed by atoms with E-state index in [2.05, 4.69) is 24.1 Å². The highest BCUT2D eigenvalue weighted by molar-refractivity contribution is 5.91. The van der Waals surface area contributed by atoms with Crippen molar-refractivity contribution in [1.29, 1.82) is 0 Å². The summed E-state index contributed by atoms with van der Waals surface area (Å²) < 4.78 is 5.48. The Bertz CT molecular complexity index is 330. The highest BCUT2D eigenvalue weighted by atomic mass is 16.4. The molecule has 0 aliphatic rings. The average Bonchev–Trinajstić information content (AvgIpc) is 2.74. The van der Waals surface area contributed by atoms with Gasteiger partial charge in [-0.05, 0) is 32.1 Å². The number of furan rings is 1. The van der Waals surface area contributed by atoms with Gasteiger partial charge in [-0.25, -0.2) is 0 Å². The molecule has 0 spiro atoms. The van der Waals surface area contributed by atoms with Crippen molar-refractivity contribution in [2.45, 2.75) is 27.3 Å². The van der Waals surface area contributed by atoms with Gasteiger partial charge in [0.1, 0.15) is 5.76 Å². The molecule has 0 atom stereocenters. The van der Waals surface area contributed by atoms with Crippen molar-refractivity contribution in [2.75, 3.05) is 19.6 Å². The number of amides is 1. The highest BCUT2D eigenvalue weighted by Crippen LogP contribution is 2.10. The molecule has 16 heavy (non-hydrogen) atoms. The monoisotopic (exact) mass is 224 g/mol. The predicted molar refractivity (Wildman–Crippen MR) is 63.3 cm³/mol. The van der Waals surface area contributed by atoms with Gasteiger partial charge in [-0.3, -0.25) is 9.69 Å². The molecule has 0 aromatic carbocycles. The Balaban J connectivity index is 2.60. The molecular formula is C12H20N2O2. The fraction of sp³-hybridized carbons (Fsp3) is 0.583. The van der Waals surface area contributed by atoms with Crippen LogP contribution in [0.4, 0.5) is 0 Å². The first-order valence-electron chi connectivity index (χ1n) is 5.80. The molecule has 0 aliphatic carbocycles. The van der Waals surface area contributed by atoms with Crippen LogP contribution in [0.1, 0.15) is 37.1 Å². The summed E-state index contributed by atoms with van der Waals surface area (Å²) in [5.74, 6) is 1.09. The standard InChI is InChI=1S/C12H20N2O2/c1-4-13-12(15)11-8-7-10(16-11)9-14(5-2)6-3/h7-8H,4-6,9H2,1-3H3,(H,13,15). The van der Waals surface area contributed by atoms with Crippen LogP contribution in [-0.4, -0.2) is 30.4 Å². The van der Waals surface area contributed by atoms with Crippen LogP contribution in [0, 0.1) is 0 Å². The maximum Gasteiger partial charge on any atom is 0.286 e. The van der Waals surface area contributed by atoms with E-state index in [1.54, 1.807) is 6.07 Å². The van der Waals surface area contributed by atoms with E-state index >= 15 is 0 Å². The molecule has 1 aromatic rings. The van der Waals surface area contributed by atoms with Gasteiger partial charge in [-0.1, -0.05) is 13.8 Å². The minimum absolute atomic E-state index is 0.145. The van der Waals surface area contributed by atoms with E-state index in [-0.39, 0.29) is 5.91 Å². The van der Waals surface area contributed by atoms with E-state index in [1.165, 1.54) is 0 Å². The predicted octanol–water partition coefficient (Wildman–Crippen LogP) is 1.87. The number of nitrogens with one attached hydrogen (secondary N) is 1. The summed E-state index contributed by atoms with van der Waals surface area (Å²) in [5, 5.41) is 2.71. The van der Waals surface area contributed by atoms with Gasteiger partial charge in [0.25, 0.3) is 5.91 Å². The number of hydrogen-bond donors (Lipinski definition) is 1. The van der Waals surface area contributed by atoms with Crippen molar-refractivity contribution in [3.63, 3.8) is 0 Å². The van der Waals surface area contributed by atoms with E-state index in [1.807, 2.05) is 13.0 Å². The zero-order valence-corrected chi connectivity index (χ0v) is 10.2. The topological polar surface area (TPSA) is 45.5 Å². The molecule has 0 saturated carbocycles. The number of carbonyl (C=O) groups is 1. The molecule has 0 aliphatic heterocycles. The minimum Gasteiger partial charge on any atom is -0.455 e. The number of nitrogens with zero attached hydrogens (tertiary/aromatic N) is 1. The summed E-state index contributed by atoms with van der Waals surface area (Å²) in [6.45, 7) is 9.44. The van der Waals surface area contributed by atoms with Crippen LogP contribution in [0.3, 0.4) is 0 Å². The maximum absolute atomic E-state index is 11.5. The molecule has 1 rings (SSSR count). The molecule has 0 bridgehead atoms. The van der Waals surface area contributed by atoms with Crippen molar-refractivity contribution in [1.82, 2.24) is 10.2 Å². The number of rotatable bonds is 6. The summed E-state index contributed by atoms with van der Waals surface area (Å²) >= 11 is 0. The Morgan fingerprint density at radius 2 is 2.00 bits per heavy atom. The normalized spacial score (nSPS) is 10.8. The minimum atomic E-state index is -0.145. The number of hydrogen-bond acceptors (Lipinski definition) is 3. The van der Waals surface area contributed by atoms with Crippen molar-refractivity contribution in [2.24, 2.45) is 0 Å². The number of carbonyl (C=O) groups excluding carboxylic acids is 1. The maximum atomic E-state index is 11.5. The fourth-order valence-corrected chi connectivity index (χ4v) is 1.50. The molecule has 1 N–H and O–H groups in total. The first-order chi connectivity index (χ1) is 7.71. The lowest BCUT2D eigenvalue weighted by Crippen LogP contribution is -2.22. The molecule has 1 amide bonds. The van der Waals surface area contributed by atoms with E-state index in [4.69, 9.17) is 4.42 Å². The van der Waals surface area contributed by atoms with Gasteiger partial charge in [-0.15, -0.1) is 0 Å². The van der Waals surface area contributed by atoms with Crippen molar-refractivity contribution in [3.8, 4) is 0 Å². The van der Waals surface area contributed by atoms with Gasteiger partial charge in [0.2, 0.25) is 0 Å². The zero-order valence-electron chi connectivity index (χ0n) is 10.2. The summed E-state index contributed by atoms with van der Waals surface area (Å²) in [5.41, 5.74) is 0. The van der Waals surface area contributed by atoms with Gasteiger partial charge in [0.15, 0.2) is 5.76 Å². The third kappa shape index (κ3) is 3.38. The first-order valence-corrected chi connectivity index (χ1v) is 5.80. The lowest BCUT2D eigenvalue weighted by atomic mass is 10.3. The van der Waals surface area contributed by atoms with Crippen molar-refractivity contribution < 1.29 is 9.21 Å². The second-order valence-electron chi connectivity index (χ2n) is 3.59. The van der Waals surface area contributed by atoms with Crippen LogP contribution >= 0.6 is 0 Å². The smallest absolute Gasteiger partial charge is 0.286 e. The molecule has 1 aromatic heterocycles. The third-order valence-corrected chi connectivity index (χ3v) is 2.50. The van der Waals surface area contributed by atoms with Gasteiger partial charge < -0.3 is 9.73 Å². The van der Waals surface area contributed by atoms with Crippen LogP contribution in [-0.2, 0) is 6.54 Å². The van der Waals surface area contributed by atoms with Crippen molar-refractivity contribution >= 4 is 5.91 Å². The van der Waals surface area contributed by atoms with Crippen LogP contribution in [0.15, 0.2) is 16.5 Å². The van der Waals surface area contributed by atoms with Crippen LogP contribution < -0.4 is 5.32 Å². The van der Waals surface area contributed by atoms with Gasteiger partial charge in [-0.2, -0.15) is 0 Å². The summed E-state index contributed by atoms with van der Waals surface area (Å²) in [7, 11) is 0. The molecule has 90 valence electrons. The Labute approximate surface area is 96.6 Å². The van der Waals surface area contributed by atoms with Gasteiger partial charge in [0.05, 0.1) is 6.54 Å². The Morgan fingerprint density at radius 3 is 2.56 bits per heavy atom. The molecule has 0 radical (unpaired) electrons. The Kier molecular flexibility index (Phi) is 5.05. The van der Waals surface area contributed by atoms with Gasteiger partial charge in [0, 0.05) is 6.54 Å². The summed E-state index contributed by atoms with van der Waals surface area (Å²) in [6, 6.07) is 3.59. The molecular weight excluding hydrogens is 204 g/mol. The van der Waals surface area contributed by atoms with Crippen LogP contribution in [0.2, 0.25) is 0 Å². The summed E-state index contributed by atoms with van der Waals surface area (Å²) in [6.07, 6.45) is 0. The molecule has 0 unspecified atom stereocenters. The van der Waals surface area contributed by atoms with E-state index in [0.29, 0.717) is 12.3 Å². The zero-order chi connectivity index (χ0) is 12.0. The molecule has 0 saturated heterocycles. The highest BCUT2D eigenvalue weighted by Gasteiger charge is 2.11. The first kappa shape index (κ1) is 12.8. The molecule has 1 heterocycles. The Morgan fingerprint density at radius 1 is 1.31 bits per heavy atom. The third-order valence-electron chi connectivity index (χ3n) is 2.50. The van der Waals surface area contributed by atoms with Crippen molar-refractivity contribution in [3.05, 3.63) is 23.7 Å². The van der Waals surface area contributed by atoms with E-state index in [9.17, 15) is 4.79 Å². The second kappa shape index (κ2) is 6.33. The quantitative estimate of drug-likeness (QED) is 0.802. The lowest BCUT2D eigenvalue weighted by molar-refractivity contribution is 0.0924. The van der Waals surface area contributed by atoms with Gasteiger partial charge >= 0.3 is 0 Å². The SMILES string of the molecule is CCNC(=O)c1ccc(CN(CC)CC)o1. The van der Waals surface area contributed by atoms with E-state index < -0.39 is 0 Å². The Hall–Kier alpha value is -1.29.